The second-order valence-electron chi connectivity index (χ2n) is 6.83. The smallest absolute Gasteiger partial charge is 0.287 e. The summed E-state index contributed by atoms with van der Waals surface area (Å²) < 4.78 is 5.14. The van der Waals surface area contributed by atoms with Crippen LogP contribution in [-0.2, 0) is 4.79 Å². The van der Waals surface area contributed by atoms with Gasteiger partial charge in [-0.05, 0) is 44.2 Å². The van der Waals surface area contributed by atoms with Crippen LogP contribution < -0.4 is 16.4 Å². The highest BCUT2D eigenvalue weighted by Crippen LogP contribution is 2.38. The van der Waals surface area contributed by atoms with Gasteiger partial charge in [0.1, 0.15) is 0 Å². The molecule has 0 unspecified atom stereocenters. The van der Waals surface area contributed by atoms with Gasteiger partial charge in [-0.1, -0.05) is 19.3 Å². The monoisotopic (exact) mass is 371 g/mol. The van der Waals surface area contributed by atoms with E-state index in [1.807, 2.05) is 6.92 Å². The number of halogens is 1. The first kappa shape index (κ1) is 21.5. The van der Waals surface area contributed by atoms with Crippen molar-refractivity contribution in [3.63, 3.8) is 0 Å². The third kappa shape index (κ3) is 6.36. The molecule has 6 nitrogen and oxygen atoms in total. The highest BCUT2D eigenvalue weighted by Gasteiger charge is 2.32. The van der Waals surface area contributed by atoms with Gasteiger partial charge in [0.25, 0.3) is 5.91 Å². The van der Waals surface area contributed by atoms with Crippen molar-refractivity contribution in [3.05, 3.63) is 23.7 Å². The highest BCUT2D eigenvalue weighted by atomic mass is 35.5. The molecule has 1 saturated carbocycles. The number of nitrogens with one attached hydrogen (secondary N) is 2. The van der Waals surface area contributed by atoms with Crippen LogP contribution in [0.4, 0.5) is 0 Å². The van der Waals surface area contributed by atoms with Crippen LogP contribution in [0, 0.1) is 12.3 Å². The molecule has 0 aliphatic heterocycles. The molecule has 7 heteroatoms. The van der Waals surface area contributed by atoms with E-state index in [0.717, 1.165) is 18.4 Å². The normalized spacial score (nSPS) is 15.9. The van der Waals surface area contributed by atoms with Crippen molar-refractivity contribution in [1.29, 1.82) is 0 Å². The van der Waals surface area contributed by atoms with Gasteiger partial charge < -0.3 is 20.8 Å². The van der Waals surface area contributed by atoms with Gasteiger partial charge in [-0.25, -0.2) is 0 Å². The van der Waals surface area contributed by atoms with Gasteiger partial charge >= 0.3 is 0 Å². The molecule has 25 heavy (non-hydrogen) atoms. The number of hydrogen-bond donors (Lipinski definition) is 3. The van der Waals surface area contributed by atoms with Crippen LogP contribution in [0.3, 0.4) is 0 Å². The number of carbonyl (C=O) groups excluding carboxylic acids is 2. The standard InChI is InChI=1S/C18H29N3O3.ClH/c1-14-6-11-24-16(14)17(23)21-10-5-9-20-15(22)12-18(13-19)7-3-2-4-8-18;/h6,11H,2-5,7-10,12-13,19H2,1H3,(H,20,22)(H,21,23);1H. The summed E-state index contributed by atoms with van der Waals surface area (Å²) in [5.74, 6) is 0.199. The second kappa shape index (κ2) is 10.5. The van der Waals surface area contributed by atoms with Crippen LogP contribution in [0.25, 0.3) is 0 Å². The number of amides is 2. The summed E-state index contributed by atoms with van der Waals surface area (Å²) in [5, 5.41) is 5.74. The second-order valence-corrected chi connectivity index (χ2v) is 6.83. The zero-order valence-electron chi connectivity index (χ0n) is 14.9. The number of carbonyl (C=O) groups is 2. The molecular formula is C18H30ClN3O3. The first-order valence-corrected chi connectivity index (χ1v) is 8.85. The SMILES string of the molecule is Cc1ccoc1C(=O)NCCCNC(=O)CC1(CN)CCCCC1.Cl. The van der Waals surface area contributed by atoms with Gasteiger partial charge in [-0.15, -0.1) is 12.4 Å². The summed E-state index contributed by atoms with van der Waals surface area (Å²) in [4.78, 5) is 24.0. The maximum absolute atomic E-state index is 12.1. The molecule has 0 aromatic carbocycles. The van der Waals surface area contributed by atoms with Crippen LogP contribution in [-0.4, -0.2) is 31.4 Å². The lowest BCUT2D eigenvalue weighted by molar-refractivity contribution is -0.123. The lowest BCUT2D eigenvalue weighted by Gasteiger charge is -2.35. The summed E-state index contributed by atoms with van der Waals surface area (Å²) in [6.07, 6.45) is 8.39. The van der Waals surface area contributed by atoms with Crippen molar-refractivity contribution in [2.45, 2.75) is 51.9 Å². The molecule has 2 amide bonds. The van der Waals surface area contributed by atoms with E-state index in [4.69, 9.17) is 10.2 Å². The Hall–Kier alpha value is -1.53. The van der Waals surface area contributed by atoms with E-state index in [9.17, 15) is 9.59 Å². The maximum Gasteiger partial charge on any atom is 0.287 e. The van der Waals surface area contributed by atoms with Crippen LogP contribution in [0.1, 0.15) is 61.1 Å². The van der Waals surface area contributed by atoms with Crippen LogP contribution in [0.5, 0.6) is 0 Å². The molecule has 0 spiro atoms. The predicted octanol–water partition coefficient (Wildman–Crippen LogP) is 2.55. The fourth-order valence-corrected chi connectivity index (χ4v) is 3.36. The van der Waals surface area contributed by atoms with Crippen molar-refractivity contribution >= 4 is 24.2 Å². The fraction of sp³-hybridized carbons (Fsp3) is 0.667. The van der Waals surface area contributed by atoms with Crippen LogP contribution in [0.2, 0.25) is 0 Å². The lowest BCUT2D eigenvalue weighted by Crippen LogP contribution is -2.39. The van der Waals surface area contributed by atoms with Crippen molar-refractivity contribution < 1.29 is 14.0 Å². The molecule has 4 N–H and O–H groups in total. The van der Waals surface area contributed by atoms with Crippen molar-refractivity contribution in [3.8, 4) is 0 Å². The minimum absolute atomic E-state index is 0. The van der Waals surface area contributed by atoms with Gasteiger partial charge in [0, 0.05) is 25.1 Å². The Morgan fingerprint density at radius 3 is 2.48 bits per heavy atom. The maximum atomic E-state index is 12.1. The van der Waals surface area contributed by atoms with E-state index in [1.54, 1.807) is 6.07 Å². The molecule has 1 aromatic heterocycles. The Labute approximate surface area is 155 Å². The summed E-state index contributed by atoms with van der Waals surface area (Å²) in [5.41, 5.74) is 6.73. The third-order valence-electron chi connectivity index (χ3n) is 4.91. The molecule has 1 aliphatic carbocycles. The number of furan rings is 1. The van der Waals surface area contributed by atoms with E-state index in [1.165, 1.54) is 25.5 Å². The summed E-state index contributed by atoms with van der Waals surface area (Å²) in [6.45, 7) is 3.47. The van der Waals surface area contributed by atoms with E-state index in [-0.39, 0.29) is 29.6 Å². The van der Waals surface area contributed by atoms with E-state index in [2.05, 4.69) is 10.6 Å². The van der Waals surface area contributed by atoms with Gasteiger partial charge in [0.05, 0.1) is 6.26 Å². The summed E-state index contributed by atoms with van der Waals surface area (Å²) >= 11 is 0. The average Bonchev–Trinajstić information content (AvgIpc) is 3.01. The Balaban J connectivity index is 0.00000312. The van der Waals surface area contributed by atoms with Crippen molar-refractivity contribution in [2.75, 3.05) is 19.6 Å². The molecule has 1 aromatic rings. The minimum Gasteiger partial charge on any atom is -0.459 e. The number of aryl methyl sites for hydroxylation is 1. The Morgan fingerprint density at radius 2 is 1.88 bits per heavy atom. The topological polar surface area (TPSA) is 97.4 Å². The number of nitrogens with two attached hydrogens (primary N) is 1. The van der Waals surface area contributed by atoms with Gasteiger partial charge in [-0.2, -0.15) is 0 Å². The molecule has 1 aliphatic rings. The van der Waals surface area contributed by atoms with E-state index in [0.29, 0.717) is 38.2 Å². The first-order valence-electron chi connectivity index (χ1n) is 8.85. The summed E-state index contributed by atoms with van der Waals surface area (Å²) in [7, 11) is 0. The molecule has 0 radical (unpaired) electrons. The number of rotatable bonds is 8. The highest BCUT2D eigenvalue weighted by molar-refractivity contribution is 5.92. The largest absolute Gasteiger partial charge is 0.459 e. The zero-order valence-corrected chi connectivity index (χ0v) is 15.8. The molecule has 1 fully saturated rings. The zero-order chi connectivity index (χ0) is 17.4. The Bertz CT molecular complexity index is 554. The van der Waals surface area contributed by atoms with Crippen LogP contribution in [0.15, 0.2) is 16.7 Å². The molecular weight excluding hydrogens is 342 g/mol. The molecule has 0 saturated heterocycles. The minimum atomic E-state index is -0.215. The predicted molar refractivity (Wildman–Crippen MR) is 99.8 cm³/mol. The van der Waals surface area contributed by atoms with Gasteiger partial charge in [0.2, 0.25) is 5.91 Å². The Morgan fingerprint density at radius 1 is 1.20 bits per heavy atom. The quantitative estimate of drug-likeness (QED) is 0.611. The Kier molecular flexibility index (Phi) is 9.00. The third-order valence-corrected chi connectivity index (χ3v) is 4.91. The lowest BCUT2D eigenvalue weighted by atomic mass is 9.71. The molecule has 0 bridgehead atoms. The molecule has 2 rings (SSSR count). The molecule has 142 valence electrons. The van der Waals surface area contributed by atoms with Gasteiger partial charge in [0.15, 0.2) is 5.76 Å². The summed E-state index contributed by atoms with van der Waals surface area (Å²) in [6, 6.07) is 1.76. The van der Waals surface area contributed by atoms with Crippen LogP contribution >= 0.6 is 12.4 Å². The fourth-order valence-electron chi connectivity index (χ4n) is 3.36. The molecule has 0 atom stereocenters. The van der Waals surface area contributed by atoms with E-state index < -0.39 is 0 Å². The molecule has 1 heterocycles. The van der Waals surface area contributed by atoms with E-state index >= 15 is 0 Å². The van der Waals surface area contributed by atoms with Crippen molar-refractivity contribution in [1.82, 2.24) is 10.6 Å². The average molecular weight is 372 g/mol. The first-order chi connectivity index (χ1) is 11.6. The van der Waals surface area contributed by atoms with Gasteiger partial charge in [-0.3, -0.25) is 9.59 Å². The van der Waals surface area contributed by atoms with Crippen molar-refractivity contribution in [2.24, 2.45) is 11.1 Å². The number of hydrogen-bond acceptors (Lipinski definition) is 4.